The highest BCUT2D eigenvalue weighted by molar-refractivity contribution is 7.78. The SMILES string of the molecule is O=C(Nc1ncc(CS(=O)O)s1)c1ccccc1O. The van der Waals surface area contributed by atoms with Crippen LogP contribution >= 0.6 is 11.3 Å². The Balaban J connectivity index is 2.09. The van der Waals surface area contributed by atoms with Gasteiger partial charge in [0.05, 0.1) is 11.3 Å². The van der Waals surface area contributed by atoms with Crippen molar-refractivity contribution in [3.05, 3.63) is 40.9 Å². The molecule has 0 bridgehead atoms. The van der Waals surface area contributed by atoms with Crippen LogP contribution in [0.1, 0.15) is 15.2 Å². The molecule has 0 aliphatic heterocycles. The number of para-hydroxylation sites is 1. The molecule has 0 fully saturated rings. The number of phenols is 1. The first-order valence-corrected chi connectivity index (χ1v) is 7.27. The van der Waals surface area contributed by atoms with E-state index in [1.54, 1.807) is 12.1 Å². The summed E-state index contributed by atoms with van der Waals surface area (Å²) in [5.41, 5.74) is 0.144. The topological polar surface area (TPSA) is 99.5 Å². The number of rotatable bonds is 4. The van der Waals surface area contributed by atoms with Crippen LogP contribution in [0.15, 0.2) is 30.5 Å². The summed E-state index contributed by atoms with van der Waals surface area (Å²) in [6, 6.07) is 6.15. The lowest BCUT2D eigenvalue weighted by Gasteiger charge is -2.03. The van der Waals surface area contributed by atoms with Crippen LogP contribution in [-0.2, 0) is 16.8 Å². The molecule has 1 atom stereocenters. The van der Waals surface area contributed by atoms with E-state index in [0.717, 1.165) is 11.3 Å². The maximum absolute atomic E-state index is 11.9. The molecule has 8 heteroatoms. The second kappa shape index (κ2) is 5.91. The van der Waals surface area contributed by atoms with Crippen LogP contribution in [0.25, 0.3) is 0 Å². The largest absolute Gasteiger partial charge is 0.507 e. The molecule has 0 saturated heterocycles. The molecule has 3 N–H and O–H groups in total. The smallest absolute Gasteiger partial charge is 0.261 e. The summed E-state index contributed by atoms with van der Waals surface area (Å²) in [6.45, 7) is 0. The molecule has 0 spiro atoms. The lowest BCUT2D eigenvalue weighted by atomic mass is 10.2. The molecule has 1 heterocycles. The highest BCUT2D eigenvalue weighted by atomic mass is 32.2. The van der Waals surface area contributed by atoms with Crippen molar-refractivity contribution in [2.75, 3.05) is 5.32 Å². The molecule has 1 aromatic carbocycles. The Labute approximate surface area is 115 Å². The van der Waals surface area contributed by atoms with Crippen LogP contribution in [0, 0.1) is 0 Å². The summed E-state index contributed by atoms with van der Waals surface area (Å²) in [5, 5.41) is 12.4. The van der Waals surface area contributed by atoms with Gasteiger partial charge in [0, 0.05) is 11.1 Å². The average molecular weight is 298 g/mol. The van der Waals surface area contributed by atoms with E-state index in [1.165, 1.54) is 18.3 Å². The number of benzene rings is 1. The molecule has 2 rings (SSSR count). The predicted molar refractivity (Wildman–Crippen MR) is 72.6 cm³/mol. The van der Waals surface area contributed by atoms with Crippen LogP contribution in [-0.4, -0.2) is 24.8 Å². The summed E-state index contributed by atoms with van der Waals surface area (Å²) in [5.74, 6) is -0.623. The number of hydrogen-bond acceptors (Lipinski definition) is 5. The van der Waals surface area contributed by atoms with Gasteiger partial charge in [-0.25, -0.2) is 9.19 Å². The van der Waals surface area contributed by atoms with E-state index in [9.17, 15) is 14.1 Å². The van der Waals surface area contributed by atoms with E-state index >= 15 is 0 Å². The van der Waals surface area contributed by atoms with Crippen LogP contribution < -0.4 is 5.32 Å². The third kappa shape index (κ3) is 3.60. The molecule has 0 aliphatic carbocycles. The standard InChI is InChI=1S/C11H10N2O4S2/c14-9-4-2-1-3-8(9)10(15)13-11-12-5-7(18-11)6-19(16)17/h1-5,14H,6H2,(H,16,17)(H,12,13,15). The first kappa shape index (κ1) is 13.7. The summed E-state index contributed by atoms with van der Waals surface area (Å²) >= 11 is -0.826. The zero-order valence-corrected chi connectivity index (χ0v) is 11.2. The Hall–Kier alpha value is -1.77. The Kier molecular flexibility index (Phi) is 4.25. The van der Waals surface area contributed by atoms with E-state index in [0.29, 0.717) is 10.0 Å². The Morgan fingerprint density at radius 2 is 2.16 bits per heavy atom. The molecule has 2 aromatic rings. The lowest BCUT2D eigenvalue weighted by Crippen LogP contribution is -2.11. The van der Waals surface area contributed by atoms with Gasteiger partial charge in [0.15, 0.2) is 16.2 Å². The van der Waals surface area contributed by atoms with E-state index < -0.39 is 17.0 Å². The van der Waals surface area contributed by atoms with E-state index in [-0.39, 0.29) is 17.1 Å². The molecule has 19 heavy (non-hydrogen) atoms. The number of carbonyl (C=O) groups is 1. The van der Waals surface area contributed by atoms with Gasteiger partial charge in [-0.15, -0.1) is 11.3 Å². The van der Waals surface area contributed by atoms with Crippen LogP contribution in [0.2, 0.25) is 0 Å². The quantitative estimate of drug-likeness (QED) is 0.748. The van der Waals surface area contributed by atoms with Gasteiger partial charge in [-0.2, -0.15) is 0 Å². The molecule has 1 aromatic heterocycles. The normalized spacial score (nSPS) is 12.1. The van der Waals surface area contributed by atoms with Crippen molar-refractivity contribution in [1.82, 2.24) is 4.98 Å². The molecular formula is C11H10N2O4S2. The zero-order valence-electron chi connectivity index (χ0n) is 9.57. The monoisotopic (exact) mass is 298 g/mol. The number of aromatic nitrogens is 1. The van der Waals surface area contributed by atoms with E-state index in [2.05, 4.69) is 10.3 Å². The average Bonchev–Trinajstić information content (AvgIpc) is 2.76. The van der Waals surface area contributed by atoms with Gasteiger partial charge >= 0.3 is 0 Å². The van der Waals surface area contributed by atoms with Crippen molar-refractivity contribution in [2.24, 2.45) is 0 Å². The van der Waals surface area contributed by atoms with Crippen molar-refractivity contribution in [3.8, 4) is 5.75 Å². The molecule has 100 valence electrons. The van der Waals surface area contributed by atoms with Gasteiger partial charge in [-0.1, -0.05) is 12.1 Å². The molecule has 0 aliphatic rings. The fourth-order valence-electron chi connectivity index (χ4n) is 1.38. The third-order valence-corrected chi connectivity index (χ3v) is 3.84. The number of aromatic hydroxyl groups is 1. The molecule has 1 amide bonds. The van der Waals surface area contributed by atoms with Crippen LogP contribution in [0.3, 0.4) is 0 Å². The number of hydrogen-bond donors (Lipinski definition) is 3. The summed E-state index contributed by atoms with van der Waals surface area (Å²) in [7, 11) is 0. The molecule has 0 saturated carbocycles. The van der Waals surface area contributed by atoms with Gasteiger partial charge in [0.2, 0.25) is 0 Å². The minimum atomic E-state index is -1.94. The molecule has 1 unspecified atom stereocenters. The lowest BCUT2D eigenvalue weighted by molar-refractivity contribution is 0.102. The minimum Gasteiger partial charge on any atom is -0.507 e. The predicted octanol–water partition coefficient (Wildman–Crippen LogP) is 1.82. The summed E-state index contributed by atoms with van der Waals surface area (Å²) in [6.07, 6.45) is 1.43. The van der Waals surface area contributed by atoms with Gasteiger partial charge < -0.3 is 9.66 Å². The number of carbonyl (C=O) groups excluding carboxylic acids is 1. The van der Waals surface area contributed by atoms with Crippen LogP contribution in [0.5, 0.6) is 5.75 Å². The highest BCUT2D eigenvalue weighted by Crippen LogP contribution is 2.22. The second-order valence-corrected chi connectivity index (χ2v) is 5.62. The maximum Gasteiger partial charge on any atom is 0.261 e. The van der Waals surface area contributed by atoms with Gasteiger partial charge in [0.25, 0.3) is 5.91 Å². The van der Waals surface area contributed by atoms with Gasteiger partial charge in [-0.3, -0.25) is 10.1 Å². The number of nitrogens with zero attached hydrogens (tertiary/aromatic N) is 1. The maximum atomic E-state index is 11.9. The van der Waals surface area contributed by atoms with Crippen molar-refractivity contribution in [1.29, 1.82) is 0 Å². The zero-order chi connectivity index (χ0) is 13.8. The Morgan fingerprint density at radius 1 is 1.42 bits per heavy atom. The van der Waals surface area contributed by atoms with Gasteiger partial charge in [-0.05, 0) is 12.1 Å². The first-order chi connectivity index (χ1) is 9.06. The number of nitrogens with one attached hydrogen (secondary N) is 1. The Morgan fingerprint density at radius 3 is 2.84 bits per heavy atom. The fourth-order valence-corrected chi connectivity index (χ4v) is 2.84. The Bertz CT molecular complexity index is 627. The highest BCUT2D eigenvalue weighted by Gasteiger charge is 2.12. The van der Waals surface area contributed by atoms with E-state index in [4.69, 9.17) is 4.55 Å². The summed E-state index contributed by atoms with van der Waals surface area (Å²) < 4.78 is 19.4. The summed E-state index contributed by atoms with van der Waals surface area (Å²) in [4.78, 5) is 16.4. The number of anilines is 1. The first-order valence-electron chi connectivity index (χ1n) is 5.18. The number of thiazole rings is 1. The molecular weight excluding hydrogens is 288 g/mol. The van der Waals surface area contributed by atoms with Crippen molar-refractivity contribution < 1.29 is 18.7 Å². The molecule has 0 radical (unpaired) electrons. The van der Waals surface area contributed by atoms with E-state index in [1.807, 2.05) is 0 Å². The number of phenolic OH excluding ortho intramolecular Hbond substituents is 1. The molecule has 6 nitrogen and oxygen atoms in total. The minimum absolute atomic E-state index is 0.0237. The third-order valence-electron chi connectivity index (χ3n) is 2.19. The van der Waals surface area contributed by atoms with Crippen molar-refractivity contribution in [3.63, 3.8) is 0 Å². The van der Waals surface area contributed by atoms with Gasteiger partial charge in [0.1, 0.15) is 5.75 Å². The fraction of sp³-hybridized carbons (Fsp3) is 0.0909. The van der Waals surface area contributed by atoms with Crippen molar-refractivity contribution >= 4 is 33.5 Å². The van der Waals surface area contributed by atoms with Crippen LogP contribution in [0.4, 0.5) is 5.13 Å². The van der Waals surface area contributed by atoms with Crippen molar-refractivity contribution in [2.45, 2.75) is 5.75 Å². The number of amides is 1. The second-order valence-electron chi connectivity index (χ2n) is 3.57.